The summed E-state index contributed by atoms with van der Waals surface area (Å²) in [4.78, 5) is 115. The number of alkyl halides is 4. The summed E-state index contributed by atoms with van der Waals surface area (Å²) in [6.45, 7) is 2.07. The summed E-state index contributed by atoms with van der Waals surface area (Å²) in [5.41, 5.74) is -7.51. The van der Waals surface area contributed by atoms with Crippen LogP contribution in [0.4, 0.5) is 19.0 Å². The first-order valence-corrected chi connectivity index (χ1v) is 30.1. The van der Waals surface area contributed by atoms with Crippen LogP contribution in [0.1, 0.15) is 99.5 Å². The number of amides is 1. The second-order valence-corrected chi connectivity index (χ2v) is 22.5. The van der Waals surface area contributed by atoms with E-state index < -0.39 is 132 Å². The Labute approximate surface area is 551 Å². The zero-order chi connectivity index (χ0) is 68.6. The summed E-state index contributed by atoms with van der Waals surface area (Å²) in [7, 11) is 0. The van der Waals surface area contributed by atoms with Gasteiger partial charge in [0.1, 0.15) is 37.8 Å². The predicted octanol–water partition coefficient (Wildman–Crippen LogP) is 10.7. The fourth-order valence-electron chi connectivity index (χ4n) is 9.94. The Bertz CT molecular complexity index is 4070. The molecule has 1 aromatic heterocycles. The minimum absolute atomic E-state index is 0.0518. The normalized spacial score (nSPS) is 23.8. The number of benzene rings is 7. The van der Waals surface area contributed by atoms with Crippen LogP contribution < -0.4 is 11.0 Å². The standard InChI is InChI=1S/C31H26FN3O7.C20H18ClFO5.C20H17FO6/c1-31(32)25(42-28(38)22-15-9-4-10-16-22)23(19-40-27(37)21-13-7-3-8-14-21)41-29(31)35-18-17-24(34-30(35)39)33-26(36)20-11-5-2-6-12-20;1-20(22)16(27-18(24)14-10-6-3-7-11-14)15(26-19(20)21)12-25-17(23)13-8-4-2-5-9-13;1-20(21)16(27-18(23)14-10-6-3-7-11-14)15(26-19(20)24)12-25-17(22)13-8-4-2-5-9-13/h2-18,23,25,29H,19H2,1H3,(H,33,34,36,39);2-11,15-16,19H,12H2,1H3;2-11,15-16H,12H2,1H3/t23-,25-,29-,31-;15-,16-,19?,20-;15-,16-,20-/m111/s1. The van der Waals surface area contributed by atoms with Crippen molar-refractivity contribution in [3.63, 3.8) is 0 Å². The molecule has 25 heteroatoms. The SMILES string of the molecule is C[C@@]1(F)[C@H](OC(=O)c2ccccc2)[C@@H](COC(=O)c2ccccc2)O[C@H]1n1ccc(NC(=O)c2ccccc2)nc1=O.C[C@]1(F)C(=O)O[C@H](COC(=O)c2ccccc2)[C@H]1OC(=O)c1ccccc1.C[C@]1(F)C(Cl)O[C@H](COC(=O)c2ccccc2)[C@H]1OC(=O)c1ccccc1. The number of hydrogen-bond acceptors (Lipinski definition) is 19. The number of carbonyl (C=O) groups is 8. The molecular weight excluding hydrogens is 1280 g/mol. The number of carbonyl (C=O) groups excluding carboxylic acids is 8. The van der Waals surface area contributed by atoms with E-state index in [-0.39, 0.29) is 34.7 Å². The van der Waals surface area contributed by atoms with Crippen LogP contribution in [0.3, 0.4) is 0 Å². The van der Waals surface area contributed by atoms with Crippen molar-refractivity contribution in [2.75, 3.05) is 25.1 Å². The number of cyclic esters (lactones) is 1. The highest BCUT2D eigenvalue weighted by atomic mass is 35.5. The fourth-order valence-corrected chi connectivity index (χ4v) is 10.2. The number of anilines is 1. The number of hydrogen-bond donors (Lipinski definition) is 1. The Morgan fingerprint density at radius 1 is 0.448 bits per heavy atom. The number of ether oxygens (including phenoxy) is 9. The molecular formula is C71H61ClF3N3O18. The second kappa shape index (κ2) is 31.4. The smallest absolute Gasteiger partial charge is 0.351 e. The average Bonchev–Trinajstić information content (AvgIpc) is 1.60. The van der Waals surface area contributed by atoms with E-state index in [1.807, 2.05) is 0 Å². The molecule has 0 aliphatic carbocycles. The van der Waals surface area contributed by atoms with Crippen LogP contribution in [0.5, 0.6) is 0 Å². The van der Waals surface area contributed by atoms with Gasteiger partial charge in [-0.15, -0.1) is 0 Å². The van der Waals surface area contributed by atoms with Crippen LogP contribution in [0.25, 0.3) is 0 Å². The molecule has 0 spiro atoms. The molecule has 4 heterocycles. The Morgan fingerprint density at radius 3 is 1.15 bits per heavy atom. The Balaban J connectivity index is 0.000000176. The van der Waals surface area contributed by atoms with Crippen molar-refractivity contribution in [1.29, 1.82) is 0 Å². The largest absolute Gasteiger partial charge is 0.459 e. The third-order valence-corrected chi connectivity index (χ3v) is 15.6. The van der Waals surface area contributed by atoms with Crippen molar-refractivity contribution < 1.29 is 94.2 Å². The van der Waals surface area contributed by atoms with Crippen molar-refractivity contribution in [2.45, 2.75) is 86.2 Å². The molecule has 21 nitrogen and oxygen atoms in total. The van der Waals surface area contributed by atoms with Gasteiger partial charge >= 0.3 is 47.5 Å². The first-order chi connectivity index (χ1) is 46.0. The molecule has 11 atom stereocenters. The number of nitrogens with one attached hydrogen (secondary N) is 1. The maximum absolute atomic E-state index is 16.5. The van der Waals surface area contributed by atoms with Gasteiger partial charge in [0, 0.05) is 11.8 Å². The first-order valence-electron chi connectivity index (χ1n) is 29.7. The molecule has 1 N–H and O–H groups in total. The molecule has 0 radical (unpaired) electrons. The Morgan fingerprint density at radius 2 is 0.771 bits per heavy atom. The average molecular weight is 1340 g/mol. The van der Waals surface area contributed by atoms with E-state index in [0.717, 1.165) is 18.4 Å². The quantitative estimate of drug-likeness (QED) is 0.0475. The summed E-state index contributed by atoms with van der Waals surface area (Å²) in [5, 5.41) is 2.52. The Hall–Kier alpha value is -10.8. The lowest BCUT2D eigenvalue weighted by Gasteiger charge is -2.27. The van der Waals surface area contributed by atoms with E-state index in [2.05, 4.69) is 10.3 Å². The van der Waals surface area contributed by atoms with Gasteiger partial charge in [0.05, 0.1) is 33.4 Å². The topological polar surface area (TPSA) is 267 Å². The van der Waals surface area contributed by atoms with Gasteiger partial charge in [-0.2, -0.15) is 4.98 Å². The molecule has 96 heavy (non-hydrogen) atoms. The van der Waals surface area contributed by atoms with Crippen LogP contribution in [0.15, 0.2) is 229 Å². The van der Waals surface area contributed by atoms with Gasteiger partial charge in [-0.25, -0.2) is 51.5 Å². The van der Waals surface area contributed by atoms with Crippen LogP contribution >= 0.6 is 11.6 Å². The molecule has 11 rings (SSSR count). The van der Waals surface area contributed by atoms with Crippen LogP contribution in [-0.4, -0.2) is 136 Å². The number of rotatable bonds is 18. The lowest BCUT2D eigenvalue weighted by atomic mass is 9.98. The van der Waals surface area contributed by atoms with Gasteiger partial charge in [-0.05, 0) is 112 Å². The molecule has 0 bridgehead atoms. The highest BCUT2D eigenvalue weighted by Gasteiger charge is 2.60. The van der Waals surface area contributed by atoms with Crippen LogP contribution in [0.2, 0.25) is 0 Å². The van der Waals surface area contributed by atoms with Crippen molar-refractivity contribution in [2.24, 2.45) is 0 Å². The van der Waals surface area contributed by atoms with E-state index >= 15 is 4.39 Å². The summed E-state index contributed by atoms with van der Waals surface area (Å²) < 4.78 is 95.0. The van der Waals surface area contributed by atoms with Gasteiger partial charge < -0.3 is 47.9 Å². The third kappa shape index (κ3) is 17.1. The molecule has 0 saturated carbocycles. The summed E-state index contributed by atoms with van der Waals surface area (Å²) in [6, 6.07) is 58.4. The summed E-state index contributed by atoms with van der Waals surface area (Å²) in [5.74, 6) is -5.98. The number of halogens is 4. The van der Waals surface area contributed by atoms with Gasteiger partial charge in [-0.1, -0.05) is 139 Å². The monoisotopic (exact) mass is 1340 g/mol. The van der Waals surface area contributed by atoms with Crippen molar-refractivity contribution in [1.82, 2.24) is 9.55 Å². The molecule has 496 valence electrons. The predicted molar refractivity (Wildman–Crippen MR) is 337 cm³/mol. The van der Waals surface area contributed by atoms with E-state index in [1.54, 1.807) is 188 Å². The van der Waals surface area contributed by atoms with Gasteiger partial charge in [0.15, 0.2) is 47.5 Å². The summed E-state index contributed by atoms with van der Waals surface area (Å²) >= 11 is 5.93. The molecule has 3 aliphatic heterocycles. The van der Waals surface area contributed by atoms with E-state index in [4.69, 9.17) is 54.2 Å². The lowest BCUT2D eigenvalue weighted by Crippen LogP contribution is -2.45. The minimum Gasteiger partial charge on any atom is -0.459 e. The number of aromatic nitrogens is 2. The lowest BCUT2D eigenvalue weighted by molar-refractivity contribution is -0.150. The van der Waals surface area contributed by atoms with Gasteiger partial charge in [0.25, 0.3) is 5.91 Å². The maximum Gasteiger partial charge on any atom is 0.351 e. The molecule has 7 aromatic carbocycles. The van der Waals surface area contributed by atoms with Crippen LogP contribution in [0, 0.1) is 0 Å². The molecule has 3 saturated heterocycles. The van der Waals surface area contributed by atoms with Crippen molar-refractivity contribution >= 4 is 65.1 Å². The molecule has 8 aromatic rings. The fraction of sp³-hybridized carbons (Fsp3) is 0.239. The second-order valence-electron chi connectivity index (χ2n) is 22.1. The Kier molecular flexibility index (Phi) is 22.7. The molecule has 1 unspecified atom stereocenters. The summed E-state index contributed by atoms with van der Waals surface area (Å²) in [6.07, 6.45) is -8.36. The van der Waals surface area contributed by atoms with Crippen LogP contribution in [-0.2, 0) is 47.4 Å². The first kappa shape index (κ1) is 69.5. The number of nitrogens with zero attached hydrogens (tertiary/aromatic N) is 2. The van der Waals surface area contributed by atoms with E-state index in [1.165, 1.54) is 43.5 Å². The molecule has 3 fully saturated rings. The third-order valence-electron chi connectivity index (χ3n) is 15.1. The van der Waals surface area contributed by atoms with Gasteiger partial charge in [0.2, 0.25) is 5.67 Å². The van der Waals surface area contributed by atoms with Crippen molar-refractivity contribution in [3.05, 3.63) is 274 Å². The van der Waals surface area contributed by atoms with E-state index in [0.29, 0.717) is 16.7 Å². The van der Waals surface area contributed by atoms with Gasteiger partial charge in [-0.3, -0.25) is 9.36 Å². The highest BCUT2D eigenvalue weighted by Crippen LogP contribution is 2.44. The van der Waals surface area contributed by atoms with E-state index in [9.17, 15) is 51.9 Å². The van der Waals surface area contributed by atoms with Crippen molar-refractivity contribution in [3.8, 4) is 0 Å². The zero-order valence-electron chi connectivity index (χ0n) is 51.4. The minimum atomic E-state index is -2.55. The molecule has 1 amide bonds. The molecule has 3 aliphatic rings. The highest BCUT2D eigenvalue weighted by molar-refractivity contribution is 6.20. The number of esters is 7. The maximum atomic E-state index is 16.5. The zero-order valence-corrected chi connectivity index (χ0v) is 52.1.